The van der Waals surface area contributed by atoms with Gasteiger partial charge in [-0.3, -0.25) is 0 Å². The Morgan fingerprint density at radius 1 is 0.471 bits per heavy atom. The molecule has 0 N–H and O–H groups in total. The Kier molecular flexibility index (Phi) is 7.50. The van der Waals surface area contributed by atoms with Crippen LogP contribution in [0.2, 0.25) is 0 Å². The number of halogens is 6. The van der Waals surface area contributed by atoms with E-state index < -0.39 is 14.2 Å². The molecule has 0 saturated heterocycles. The summed E-state index contributed by atoms with van der Waals surface area (Å²) in [4.78, 5) is 4.11. The van der Waals surface area contributed by atoms with Crippen LogP contribution in [-0.2, 0) is 21.7 Å². The van der Waals surface area contributed by atoms with Crippen molar-refractivity contribution in [3.05, 3.63) is 90.0 Å². The summed E-state index contributed by atoms with van der Waals surface area (Å²) in [5.41, 5.74) is 3.12. The van der Waals surface area contributed by atoms with Gasteiger partial charge in [0.05, 0.1) is 10.9 Å². The fourth-order valence-corrected chi connectivity index (χ4v) is 5.21. The van der Waals surface area contributed by atoms with Crippen LogP contribution in [-0.4, -0.2) is 14.2 Å². The number of hydrogen-bond donors (Lipinski definition) is 0. The first-order chi connectivity index (χ1) is 15.1. The zero-order valence-electron chi connectivity index (χ0n) is 20.1. The van der Waals surface area contributed by atoms with Crippen molar-refractivity contribution in [1.29, 1.82) is 0 Å². The summed E-state index contributed by atoms with van der Waals surface area (Å²) in [5, 5.41) is 0. The van der Waals surface area contributed by atoms with Crippen LogP contribution in [0.15, 0.2) is 93.5 Å². The average Bonchev–Trinajstić information content (AvgIpc) is 2.66. The molecule has 0 saturated carbocycles. The molecule has 3 aromatic rings. The molecule has 0 spiro atoms. The van der Waals surface area contributed by atoms with Gasteiger partial charge in [-0.25, -0.2) is 0 Å². The Morgan fingerprint density at radius 2 is 0.735 bits per heavy atom. The molecule has 3 rings (SSSR count). The van der Waals surface area contributed by atoms with E-state index in [1.807, 2.05) is 0 Å². The molecule has 0 heterocycles. The van der Waals surface area contributed by atoms with Gasteiger partial charge in [0.1, 0.15) is 0 Å². The Hall–Kier alpha value is -1.85. The first-order valence-corrected chi connectivity index (χ1v) is 16.2. The molecule has 0 unspecified atom stereocenters. The third-order valence-corrected chi connectivity index (χ3v) is 7.12. The third kappa shape index (κ3) is 10.2. The van der Waals surface area contributed by atoms with E-state index >= 15 is 0 Å². The van der Waals surface area contributed by atoms with Crippen molar-refractivity contribution in [1.82, 2.24) is 0 Å². The quantitative estimate of drug-likeness (QED) is 0.169. The predicted molar refractivity (Wildman–Crippen MR) is 131 cm³/mol. The first-order valence-electron chi connectivity index (χ1n) is 10.7. The van der Waals surface area contributed by atoms with Gasteiger partial charge in [0.15, 0.2) is 14.7 Å². The molecular formula is C26H31AsF6S. The molecule has 0 fully saturated rings. The molecule has 0 atom stereocenters. The Morgan fingerprint density at radius 3 is 1.00 bits per heavy atom. The second kappa shape index (κ2) is 8.98. The summed E-state index contributed by atoms with van der Waals surface area (Å²) in [6.07, 6.45) is 0. The summed E-state index contributed by atoms with van der Waals surface area (Å²) in [6.45, 7) is 13.6. The van der Waals surface area contributed by atoms with Crippen LogP contribution in [0.25, 0.3) is 0 Å². The van der Waals surface area contributed by atoms with Gasteiger partial charge in [0.2, 0.25) is 0 Å². The van der Waals surface area contributed by atoms with E-state index in [1.165, 1.54) is 25.8 Å². The zero-order chi connectivity index (χ0) is 26.1. The van der Waals surface area contributed by atoms with Crippen molar-refractivity contribution >= 4 is 25.1 Å². The fourth-order valence-electron chi connectivity index (χ4n) is 3.15. The summed E-state index contributed by atoms with van der Waals surface area (Å²) in [5.74, 6) is 0. The molecular weight excluding hydrogens is 533 g/mol. The van der Waals surface area contributed by atoms with Gasteiger partial charge in [-0.15, -0.1) is 0 Å². The van der Waals surface area contributed by atoms with Crippen molar-refractivity contribution < 1.29 is 20.8 Å². The zero-order valence-corrected chi connectivity index (χ0v) is 22.8. The molecule has 0 radical (unpaired) electrons. The maximum atomic E-state index is 9.91. The van der Waals surface area contributed by atoms with E-state index in [-0.39, 0.29) is 21.7 Å². The van der Waals surface area contributed by atoms with Gasteiger partial charge in [-0.05, 0) is 58.4 Å². The van der Waals surface area contributed by atoms with Gasteiger partial charge < -0.3 is 0 Å². The Bertz CT molecular complexity index is 1010. The molecule has 3 aromatic carbocycles. The van der Waals surface area contributed by atoms with Gasteiger partial charge in [-0.2, -0.15) is 0 Å². The number of rotatable bonds is 3. The van der Waals surface area contributed by atoms with E-state index in [2.05, 4.69) is 120 Å². The first kappa shape index (κ1) is 28.4. The number of benzene rings is 3. The van der Waals surface area contributed by atoms with Crippen molar-refractivity contribution in [2.45, 2.75) is 67.1 Å². The van der Waals surface area contributed by atoms with Crippen molar-refractivity contribution in [3.63, 3.8) is 0 Å². The van der Waals surface area contributed by atoms with E-state index in [4.69, 9.17) is 0 Å². The molecule has 0 aromatic heterocycles. The monoisotopic (exact) mass is 564 g/mol. The topological polar surface area (TPSA) is 0 Å². The van der Waals surface area contributed by atoms with Crippen LogP contribution in [0, 0.1) is 0 Å². The minimum atomic E-state index is -11.1. The molecule has 8 heteroatoms. The van der Waals surface area contributed by atoms with Crippen molar-refractivity contribution in [2.75, 3.05) is 0 Å². The maximum absolute atomic E-state index is 11.1. The number of hydrogen-bond acceptors (Lipinski definition) is 0. The van der Waals surface area contributed by atoms with E-state index in [0.717, 1.165) is 0 Å². The van der Waals surface area contributed by atoms with Crippen LogP contribution in [0.4, 0.5) is 20.8 Å². The SMILES string of the molecule is CC(C)(C)c1ccc([S+](c2ccccc2)c2ccc(C(C)(C)C)cc2)cc1.F[As-](F)(F)(F)(F)F. The third-order valence-electron chi connectivity index (χ3n) is 4.89. The van der Waals surface area contributed by atoms with E-state index in [0.29, 0.717) is 0 Å². The summed E-state index contributed by atoms with van der Waals surface area (Å²) in [7, 11) is -0.0847. The molecule has 0 aliphatic rings. The fraction of sp³-hybridized carbons (Fsp3) is 0.308. The molecule has 0 bridgehead atoms. The van der Waals surface area contributed by atoms with Crippen LogP contribution >= 0.6 is 0 Å². The van der Waals surface area contributed by atoms with Crippen LogP contribution < -0.4 is 0 Å². The second-order valence-corrected chi connectivity index (χ2v) is 16.2. The second-order valence-electron chi connectivity index (χ2n) is 10.1. The van der Waals surface area contributed by atoms with Crippen LogP contribution in [0.5, 0.6) is 0 Å². The summed E-state index contributed by atoms with van der Waals surface area (Å²) in [6, 6.07) is 29.3. The Balaban J connectivity index is 0.000000509. The molecule has 34 heavy (non-hydrogen) atoms. The molecule has 0 nitrogen and oxygen atoms in total. The molecule has 0 aliphatic heterocycles. The van der Waals surface area contributed by atoms with E-state index in [1.54, 1.807) is 0 Å². The summed E-state index contributed by atoms with van der Waals surface area (Å²) >= 11 is -11.1. The van der Waals surface area contributed by atoms with Crippen LogP contribution in [0.1, 0.15) is 52.7 Å². The van der Waals surface area contributed by atoms with Crippen molar-refractivity contribution in [2.24, 2.45) is 0 Å². The van der Waals surface area contributed by atoms with Gasteiger partial charge in [-0.1, -0.05) is 84.0 Å². The summed E-state index contributed by atoms with van der Waals surface area (Å²) < 4.78 is 59.4. The van der Waals surface area contributed by atoms with Crippen LogP contribution in [0.3, 0.4) is 0 Å². The standard InChI is InChI=1S/C26H31S.AsF6/c1-25(2,3)20-12-16-23(17-13-20)27(22-10-8-7-9-11-22)24-18-14-21(15-19-24)26(4,5)6;2-1(3,4,5,6)7/h7-19H,1-6H3;/q+1;-1. The average molecular weight is 565 g/mol. The van der Waals surface area contributed by atoms with Gasteiger partial charge in [0, 0.05) is 0 Å². The molecule has 188 valence electrons. The van der Waals surface area contributed by atoms with Crippen molar-refractivity contribution in [3.8, 4) is 0 Å². The van der Waals surface area contributed by atoms with E-state index in [9.17, 15) is 20.8 Å². The minimum absolute atomic E-state index is 0.0847. The Labute approximate surface area is 202 Å². The normalized spacial score (nSPS) is 14.6. The molecule has 0 amide bonds. The molecule has 0 aliphatic carbocycles. The van der Waals surface area contributed by atoms with Gasteiger partial charge >= 0.3 is 35.0 Å². The van der Waals surface area contributed by atoms with Gasteiger partial charge in [0.25, 0.3) is 0 Å². The predicted octanol–water partition coefficient (Wildman–Crippen LogP) is 9.52.